The van der Waals surface area contributed by atoms with E-state index in [9.17, 15) is 9.90 Å². The fourth-order valence-corrected chi connectivity index (χ4v) is 3.60. The van der Waals surface area contributed by atoms with Gasteiger partial charge in [-0.25, -0.2) is 0 Å². The molecule has 1 N–H and O–H groups in total. The van der Waals surface area contributed by atoms with E-state index in [2.05, 4.69) is 10.2 Å². The molecule has 7 nitrogen and oxygen atoms in total. The van der Waals surface area contributed by atoms with Crippen LogP contribution in [0.15, 0.2) is 6.20 Å². The molecule has 1 fully saturated rings. The molecule has 126 valence electrons. The predicted octanol–water partition coefficient (Wildman–Crippen LogP) is 1.23. The van der Waals surface area contributed by atoms with Crippen LogP contribution in [-0.2, 0) is 18.4 Å². The van der Waals surface area contributed by atoms with Crippen LogP contribution in [0.2, 0.25) is 0 Å². The van der Waals surface area contributed by atoms with Crippen molar-refractivity contribution in [1.29, 1.82) is 0 Å². The summed E-state index contributed by atoms with van der Waals surface area (Å²) in [6, 6.07) is 0.194. The molecule has 23 heavy (non-hydrogen) atoms. The van der Waals surface area contributed by atoms with E-state index >= 15 is 0 Å². The predicted molar refractivity (Wildman–Crippen MR) is 86.9 cm³/mol. The smallest absolute Gasteiger partial charge is 0.224 e. The fraction of sp³-hybridized carbons (Fsp3) is 0.688. The third-order valence-electron chi connectivity index (χ3n) is 4.76. The molecule has 3 rings (SSSR count). The van der Waals surface area contributed by atoms with Gasteiger partial charge in [0.1, 0.15) is 11.0 Å². The highest BCUT2D eigenvalue weighted by molar-refractivity contribution is 5.79. The van der Waals surface area contributed by atoms with Crippen molar-refractivity contribution in [2.75, 3.05) is 13.2 Å². The van der Waals surface area contributed by atoms with Crippen molar-refractivity contribution in [2.24, 2.45) is 7.05 Å². The van der Waals surface area contributed by atoms with E-state index in [4.69, 9.17) is 0 Å². The maximum absolute atomic E-state index is 12.6. The summed E-state index contributed by atoms with van der Waals surface area (Å²) in [7, 11) is 1.90. The summed E-state index contributed by atoms with van der Waals surface area (Å²) in [6.45, 7) is 3.48. The number of piperidine rings is 1. The first-order chi connectivity index (χ1) is 11.1. The van der Waals surface area contributed by atoms with Gasteiger partial charge in [0.15, 0.2) is 0 Å². The summed E-state index contributed by atoms with van der Waals surface area (Å²) in [5.41, 5.74) is 2.93. The highest BCUT2D eigenvalue weighted by atomic mass is 16.3. The van der Waals surface area contributed by atoms with E-state index in [1.54, 1.807) is 6.20 Å². The molecule has 7 heteroatoms. The first-order valence-corrected chi connectivity index (χ1v) is 8.37. The van der Waals surface area contributed by atoms with E-state index in [1.807, 2.05) is 28.2 Å². The molecule has 1 unspecified atom stereocenters. The lowest BCUT2D eigenvalue weighted by atomic mass is 9.99. The van der Waals surface area contributed by atoms with E-state index in [0.29, 0.717) is 19.4 Å². The van der Waals surface area contributed by atoms with Crippen LogP contribution >= 0.6 is 0 Å². The number of aryl methyl sites for hydroxylation is 3. The van der Waals surface area contributed by atoms with E-state index in [1.165, 1.54) is 0 Å². The van der Waals surface area contributed by atoms with Crippen LogP contribution < -0.4 is 0 Å². The van der Waals surface area contributed by atoms with Crippen molar-refractivity contribution in [1.82, 2.24) is 24.5 Å². The second kappa shape index (κ2) is 6.70. The van der Waals surface area contributed by atoms with Gasteiger partial charge in [-0.2, -0.15) is 10.2 Å². The normalized spacial score (nSPS) is 18.7. The number of rotatable bonds is 5. The summed E-state index contributed by atoms with van der Waals surface area (Å²) < 4.78 is 3.69. The van der Waals surface area contributed by atoms with E-state index in [0.717, 1.165) is 42.5 Å². The molecule has 0 spiro atoms. The minimum Gasteiger partial charge on any atom is -0.396 e. The van der Waals surface area contributed by atoms with Crippen LogP contribution in [0.5, 0.6) is 0 Å². The van der Waals surface area contributed by atoms with Crippen LogP contribution in [-0.4, -0.2) is 54.7 Å². The molecule has 1 aliphatic heterocycles. The Balaban J connectivity index is 1.67. The van der Waals surface area contributed by atoms with Crippen LogP contribution in [0.4, 0.5) is 0 Å². The lowest BCUT2D eigenvalue weighted by molar-refractivity contribution is -0.135. The van der Waals surface area contributed by atoms with Crippen LogP contribution in [0, 0.1) is 6.92 Å². The third kappa shape index (κ3) is 3.10. The molecular weight excluding hydrogens is 294 g/mol. The molecular formula is C16H25N5O2. The maximum atomic E-state index is 12.6. The van der Waals surface area contributed by atoms with Gasteiger partial charge in [0.05, 0.1) is 18.4 Å². The highest BCUT2D eigenvalue weighted by Gasteiger charge is 2.26. The Morgan fingerprint density at radius 3 is 3.04 bits per heavy atom. The number of carbonyl (C=O) groups excluding carboxylic acids is 1. The SMILES string of the molecule is Cc1nn(C)c2cnn(CCC(=O)N3CCCCC3CCO)c12. The van der Waals surface area contributed by atoms with Crippen molar-refractivity contribution in [3.63, 3.8) is 0 Å². The molecule has 0 radical (unpaired) electrons. The zero-order valence-corrected chi connectivity index (χ0v) is 13.9. The van der Waals surface area contributed by atoms with Crippen molar-refractivity contribution in [3.05, 3.63) is 11.9 Å². The Kier molecular flexibility index (Phi) is 4.66. The number of aromatic nitrogens is 4. The van der Waals surface area contributed by atoms with Gasteiger partial charge in [-0.1, -0.05) is 0 Å². The van der Waals surface area contributed by atoms with E-state index in [-0.39, 0.29) is 18.6 Å². The average molecular weight is 319 g/mol. The third-order valence-corrected chi connectivity index (χ3v) is 4.76. The minimum absolute atomic E-state index is 0.142. The number of nitrogens with zero attached hydrogens (tertiary/aromatic N) is 5. The van der Waals surface area contributed by atoms with Gasteiger partial charge >= 0.3 is 0 Å². The Bertz CT molecular complexity index is 688. The summed E-state index contributed by atoms with van der Waals surface area (Å²) in [5, 5.41) is 18.0. The molecule has 1 saturated heterocycles. The molecule has 0 saturated carbocycles. The topological polar surface area (TPSA) is 76.2 Å². The van der Waals surface area contributed by atoms with Gasteiger partial charge in [0, 0.05) is 32.7 Å². The molecule has 3 heterocycles. The molecule has 1 amide bonds. The van der Waals surface area contributed by atoms with Crippen LogP contribution in [0.3, 0.4) is 0 Å². The van der Waals surface area contributed by atoms with Gasteiger partial charge in [-0.15, -0.1) is 0 Å². The molecule has 2 aromatic rings. The quantitative estimate of drug-likeness (QED) is 0.899. The summed E-state index contributed by atoms with van der Waals surface area (Å²) >= 11 is 0. The standard InChI is InChI=1S/C16H25N5O2/c1-12-16-14(19(2)18-12)11-17-21(16)9-6-15(23)20-8-4-3-5-13(20)7-10-22/h11,13,22H,3-10H2,1-2H3. The Morgan fingerprint density at radius 1 is 1.43 bits per heavy atom. The first kappa shape index (κ1) is 16.0. The fourth-order valence-electron chi connectivity index (χ4n) is 3.60. The molecule has 0 aliphatic carbocycles. The Morgan fingerprint density at radius 2 is 2.26 bits per heavy atom. The first-order valence-electron chi connectivity index (χ1n) is 8.37. The second-order valence-corrected chi connectivity index (χ2v) is 6.31. The van der Waals surface area contributed by atoms with Gasteiger partial charge in [-0.05, 0) is 32.6 Å². The Hall–Kier alpha value is -1.89. The summed E-state index contributed by atoms with van der Waals surface area (Å²) in [6.07, 6.45) is 6.12. The number of carbonyl (C=O) groups is 1. The van der Waals surface area contributed by atoms with Gasteiger partial charge < -0.3 is 10.0 Å². The highest BCUT2D eigenvalue weighted by Crippen LogP contribution is 2.21. The summed E-state index contributed by atoms with van der Waals surface area (Å²) in [5.74, 6) is 0.161. The number of aliphatic hydroxyl groups is 1. The van der Waals surface area contributed by atoms with Gasteiger partial charge in [0.2, 0.25) is 5.91 Å². The van der Waals surface area contributed by atoms with Crippen LogP contribution in [0.25, 0.3) is 11.0 Å². The van der Waals surface area contributed by atoms with Crippen LogP contribution in [0.1, 0.15) is 37.8 Å². The zero-order chi connectivity index (χ0) is 16.4. The number of amides is 1. The van der Waals surface area contributed by atoms with Crippen molar-refractivity contribution < 1.29 is 9.90 Å². The Labute approximate surface area is 135 Å². The number of hydrogen-bond donors (Lipinski definition) is 1. The maximum Gasteiger partial charge on any atom is 0.224 e. The molecule has 0 aromatic carbocycles. The second-order valence-electron chi connectivity index (χ2n) is 6.31. The number of aliphatic hydroxyl groups excluding tert-OH is 1. The number of fused-ring (bicyclic) bond motifs is 1. The number of hydrogen-bond acceptors (Lipinski definition) is 4. The largest absolute Gasteiger partial charge is 0.396 e. The van der Waals surface area contributed by atoms with E-state index < -0.39 is 0 Å². The minimum atomic E-state index is 0.142. The lowest BCUT2D eigenvalue weighted by Gasteiger charge is -2.35. The van der Waals surface area contributed by atoms with Crippen molar-refractivity contribution in [2.45, 2.75) is 51.6 Å². The number of likely N-dealkylation sites (tertiary alicyclic amines) is 1. The molecule has 1 atom stereocenters. The van der Waals surface area contributed by atoms with Gasteiger partial charge in [0.25, 0.3) is 0 Å². The summed E-state index contributed by atoms with van der Waals surface area (Å²) in [4.78, 5) is 14.5. The average Bonchev–Trinajstić information content (AvgIpc) is 3.08. The zero-order valence-electron chi connectivity index (χ0n) is 13.9. The van der Waals surface area contributed by atoms with Gasteiger partial charge in [-0.3, -0.25) is 14.2 Å². The van der Waals surface area contributed by atoms with Crippen molar-refractivity contribution in [3.8, 4) is 0 Å². The molecule has 0 bridgehead atoms. The van der Waals surface area contributed by atoms with Crippen molar-refractivity contribution >= 4 is 16.9 Å². The monoisotopic (exact) mass is 319 g/mol. The lowest BCUT2D eigenvalue weighted by Crippen LogP contribution is -2.44. The molecule has 1 aliphatic rings. The molecule has 2 aromatic heterocycles.